The van der Waals surface area contributed by atoms with Gasteiger partial charge in [-0.2, -0.15) is 0 Å². The second kappa shape index (κ2) is 29.2. The normalized spacial score (nSPS) is 14.7. The van der Waals surface area contributed by atoms with Gasteiger partial charge in [-0.05, 0) is 55.4 Å². The van der Waals surface area contributed by atoms with Gasteiger partial charge in [0.15, 0.2) is 0 Å². The molecule has 0 fully saturated rings. The summed E-state index contributed by atoms with van der Waals surface area (Å²) in [6, 6.07) is -1.97. The Morgan fingerprint density at radius 2 is 0.971 bits per heavy atom. The van der Waals surface area contributed by atoms with Crippen molar-refractivity contribution in [2.75, 3.05) is 6.54 Å². The molecule has 0 bridgehead atoms. The molecule has 9 amide bonds. The van der Waals surface area contributed by atoms with Crippen molar-refractivity contribution in [1.29, 1.82) is 0 Å². The van der Waals surface area contributed by atoms with Crippen LogP contribution in [0.25, 0.3) is 0 Å². The highest BCUT2D eigenvalue weighted by molar-refractivity contribution is 5.98. The summed E-state index contributed by atoms with van der Waals surface area (Å²) < 4.78 is 0. The van der Waals surface area contributed by atoms with Crippen LogP contribution in [0.1, 0.15) is 100.0 Å². The van der Waals surface area contributed by atoms with Crippen LogP contribution < -0.4 is 54.0 Å². The first-order valence-electron chi connectivity index (χ1n) is 22.5. The van der Waals surface area contributed by atoms with Gasteiger partial charge in [0, 0.05) is 12.8 Å². The number of aliphatic carboxylic acids is 2. The molecule has 0 unspecified atom stereocenters. The molecule has 14 N–H and O–H groups in total. The van der Waals surface area contributed by atoms with Gasteiger partial charge in [0.1, 0.15) is 42.3 Å². The lowest BCUT2D eigenvalue weighted by atomic mass is 9.98. The molecule has 0 radical (unpaired) electrons. The number of rotatable bonds is 30. The molecule has 68 heavy (non-hydrogen) atoms. The summed E-state index contributed by atoms with van der Waals surface area (Å²) in [5, 5.41) is 39.0. The highest BCUT2D eigenvalue weighted by Crippen LogP contribution is 2.12. The van der Waals surface area contributed by atoms with Crippen molar-refractivity contribution in [1.82, 2.24) is 42.5 Å². The first kappa shape index (κ1) is 59.4. The van der Waals surface area contributed by atoms with Gasteiger partial charge < -0.3 is 64.2 Å². The Morgan fingerprint density at radius 1 is 0.529 bits per heavy atom. The summed E-state index contributed by atoms with van der Waals surface area (Å²) >= 11 is 0. The summed E-state index contributed by atoms with van der Waals surface area (Å²) in [4.78, 5) is 142. The number of nitrogens with one attached hydrogen (secondary N) is 8. The summed E-state index contributed by atoms with van der Waals surface area (Å²) in [7, 11) is 0. The molecule has 0 aliphatic heterocycles. The van der Waals surface area contributed by atoms with Crippen molar-refractivity contribution >= 4 is 65.1 Å². The average Bonchev–Trinajstić information content (AvgIpc) is 3.23. The molecular weight excluding hydrogens is 889 g/mol. The van der Waals surface area contributed by atoms with E-state index in [0.29, 0.717) is 5.56 Å². The molecule has 0 aromatic heterocycles. The van der Waals surface area contributed by atoms with Crippen LogP contribution in [-0.2, 0) is 59.2 Å². The molecule has 0 saturated carbocycles. The molecule has 0 spiro atoms. The maximum atomic E-state index is 13.8. The minimum Gasteiger partial charge on any atom is -0.481 e. The van der Waals surface area contributed by atoms with E-state index in [0.717, 1.165) is 0 Å². The maximum absolute atomic E-state index is 13.8. The predicted octanol–water partition coefficient (Wildman–Crippen LogP) is -1.68. The van der Waals surface area contributed by atoms with Crippen LogP contribution in [0.15, 0.2) is 30.3 Å². The fraction of sp³-hybridized carbons (Fsp3) is 0.622. The fourth-order valence-electron chi connectivity index (χ4n) is 6.60. The molecule has 23 heteroatoms. The third kappa shape index (κ3) is 22.2. The second-order valence-electron chi connectivity index (χ2n) is 18.2. The van der Waals surface area contributed by atoms with E-state index in [4.69, 9.17) is 11.5 Å². The monoisotopic (exact) mass is 961 g/mol. The Balaban J connectivity index is 3.20. The van der Waals surface area contributed by atoms with E-state index < -0.39 is 145 Å². The quantitative estimate of drug-likeness (QED) is 0.0410. The van der Waals surface area contributed by atoms with Crippen LogP contribution in [0.4, 0.5) is 0 Å². The predicted molar refractivity (Wildman–Crippen MR) is 247 cm³/mol. The van der Waals surface area contributed by atoms with Crippen molar-refractivity contribution < 1.29 is 63.0 Å². The van der Waals surface area contributed by atoms with E-state index in [-0.39, 0.29) is 37.5 Å². The van der Waals surface area contributed by atoms with Gasteiger partial charge in [-0.25, -0.2) is 4.79 Å². The van der Waals surface area contributed by atoms with Crippen molar-refractivity contribution in [3.8, 4) is 0 Å². The topological polar surface area (TPSA) is 377 Å². The van der Waals surface area contributed by atoms with Crippen molar-refractivity contribution in [3.63, 3.8) is 0 Å². The number of carbonyl (C=O) groups excluding carboxylic acids is 9. The first-order chi connectivity index (χ1) is 31.6. The van der Waals surface area contributed by atoms with Gasteiger partial charge in [0.2, 0.25) is 53.2 Å². The molecule has 0 aliphatic carbocycles. The van der Waals surface area contributed by atoms with E-state index in [1.807, 2.05) is 0 Å². The van der Waals surface area contributed by atoms with Crippen molar-refractivity contribution in [2.45, 2.75) is 149 Å². The van der Waals surface area contributed by atoms with Gasteiger partial charge >= 0.3 is 11.9 Å². The number of carboxylic acids is 2. The van der Waals surface area contributed by atoms with E-state index in [2.05, 4.69) is 42.5 Å². The summed E-state index contributed by atoms with van der Waals surface area (Å²) in [6.07, 6.45) is -1.64. The third-order valence-corrected chi connectivity index (χ3v) is 10.3. The van der Waals surface area contributed by atoms with Crippen LogP contribution in [-0.4, -0.2) is 130 Å². The molecule has 1 aromatic carbocycles. The molecular formula is C45H72N10O13. The third-order valence-electron chi connectivity index (χ3n) is 10.3. The minimum absolute atomic E-state index is 0.0197. The number of carboxylic acid groups (broad SMARTS) is 2. The lowest BCUT2D eigenvalue weighted by Gasteiger charge is -2.28. The minimum atomic E-state index is -1.73. The molecule has 23 nitrogen and oxygen atoms in total. The van der Waals surface area contributed by atoms with Crippen LogP contribution in [0.3, 0.4) is 0 Å². The van der Waals surface area contributed by atoms with E-state index in [9.17, 15) is 63.0 Å². The van der Waals surface area contributed by atoms with E-state index in [1.54, 1.807) is 85.7 Å². The second-order valence-corrected chi connectivity index (χ2v) is 18.2. The number of amides is 9. The molecule has 1 rings (SSSR count). The van der Waals surface area contributed by atoms with Crippen LogP contribution >= 0.6 is 0 Å². The number of carbonyl (C=O) groups is 11. The summed E-state index contributed by atoms with van der Waals surface area (Å²) in [5.74, 6) is -12.0. The molecule has 0 aliphatic rings. The number of primary amides is 1. The average molecular weight is 961 g/mol. The highest BCUT2D eigenvalue weighted by atomic mass is 16.4. The van der Waals surface area contributed by atoms with Gasteiger partial charge in [0.25, 0.3) is 0 Å². The first-order valence-corrected chi connectivity index (χ1v) is 22.5. The summed E-state index contributed by atoms with van der Waals surface area (Å²) in [5.41, 5.74) is 11.6. The van der Waals surface area contributed by atoms with Gasteiger partial charge in [0.05, 0.1) is 19.0 Å². The Morgan fingerprint density at radius 3 is 1.43 bits per heavy atom. The highest BCUT2D eigenvalue weighted by Gasteiger charge is 2.35. The molecule has 0 saturated heterocycles. The fourth-order valence-corrected chi connectivity index (χ4v) is 6.60. The number of hydrogen-bond acceptors (Lipinski definition) is 12. The lowest BCUT2D eigenvalue weighted by Crippen LogP contribution is -2.60. The van der Waals surface area contributed by atoms with E-state index in [1.165, 1.54) is 6.92 Å². The largest absolute Gasteiger partial charge is 0.481 e. The van der Waals surface area contributed by atoms with Crippen molar-refractivity contribution in [3.05, 3.63) is 35.9 Å². The van der Waals surface area contributed by atoms with Gasteiger partial charge in [-0.3, -0.25) is 47.9 Å². The Labute approximate surface area is 396 Å². The Kier molecular flexibility index (Phi) is 25.5. The number of hydrogen-bond donors (Lipinski definition) is 12. The molecule has 380 valence electrons. The smallest absolute Gasteiger partial charge is 0.326 e. The SMILES string of the molecule is CC(C)C[C@H](NC(=O)[C@H](C)N)C(=O)N[C@@H](CC(=O)O)C(=O)N[C@@H](CC(C)C)C(=O)N[C@@H](CCC(N)=O)C(=O)NCC(=O)N[C@H](C(=O)N[C@H](C(=O)N[C@@H](Cc1ccccc1)C(=O)O)C(C)C)C(C)C. The van der Waals surface area contributed by atoms with Gasteiger partial charge in [-0.1, -0.05) is 85.7 Å². The number of benzene rings is 1. The molecule has 1 aromatic rings. The Hall–Kier alpha value is -6.65. The zero-order valence-electron chi connectivity index (χ0n) is 40.3. The lowest BCUT2D eigenvalue weighted by molar-refractivity contribution is -0.142. The van der Waals surface area contributed by atoms with Crippen molar-refractivity contribution in [2.24, 2.45) is 35.1 Å². The molecule has 0 heterocycles. The van der Waals surface area contributed by atoms with Gasteiger partial charge in [-0.15, -0.1) is 0 Å². The number of nitrogens with two attached hydrogens (primary N) is 2. The zero-order chi connectivity index (χ0) is 52.0. The van der Waals surface area contributed by atoms with Crippen LogP contribution in [0.5, 0.6) is 0 Å². The zero-order valence-corrected chi connectivity index (χ0v) is 40.3. The molecule has 8 atom stereocenters. The maximum Gasteiger partial charge on any atom is 0.326 e. The van der Waals surface area contributed by atoms with E-state index >= 15 is 0 Å². The standard InChI is InChI=1S/C45H72N10O13/c1-22(2)17-29(50-38(60)26(9)46)41(63)52-31(20-35(58)59)42(64)51-30(18-23(3)4)40(62)49-28(15-16-33(47)56)39(61)48-21-34(57)54-36(24(5)6)44(66)55-37(25(7)8)43(65)53-32(45(67)68)19-27-13-11-10-12-14-27/h10-14,22-26,28-32,36-37H,15-21,46H2,1-9H3,(H2,47,56)(H,48,61)(H,49,62)(H,50,60)(H,51,64)(H,52,63)(H,53,65)(H,54,57)(H,55,66)(H,58,59)(H,67,68)/t26-,28-,29-,30-,31-,32-,36-,37-/m0/s1. The van der Waals surface area contributed by atoms with Crippen LogP contribution in [0.2, 0.25) is 0 Å². The Bertz CT molecular complexity index is 1930. The van der Waals surface area contributed by atoms with Crippen LogP contribution in [0, 0.1) is 23.7 Å². The summed E-state index contributed by atoms with van der Waals surface area (Å²) in [6.45, 7) is 14.1.